The predicted molar refractivity (Wildman–Crippen MR) is 74.9 cm³/mol. The van der Waals surface area contributed by atoms with Gasteiger partial charge in [0, 0.05) is 6.04 Å². The fourth-order valence-electron chi connectivity index (χ4n) is 2.37. The van der Waals surface area contributed by atoms with Crippen molar-refractivity contribution in [1.29, 1.82) is 0 Å². The maximum atomic E-state index is 6.05. The zero-order valence-corrected chi connectivity index (χ0v) is 11.3. The van der Waals surface area contributed by atoms with Gasteiger partial charge in [0.15, 0.2) is 0 Å². The SMILES string of the molecule is CCCCC(C)n1c(N)nc2c(OC)cccc21. The van der Waals surface area contributed by atoms with E-state index in [0.29, 0.717) is 12.0 Å². The summed E-state index contributed by atoms with van der Waals surface area (Å²) in [5, 5.41) is 0. The molecular weight excluding hydrogens is 226 g/mol. The highest BCUT2D eigenvalue weighted by atomic mass is 16.5. The number of rotatable bonds is 5. The molecule has 1 aromatic carbocycles. The lowest BCUT2D eigenvalue weighted by atomic mass is 10.1. The standard InChI is InChI=1S/C14H21N3O/c1-4-5-7-10(2)17-11-8-6-9-12(18-3)13(11)16-14(17)15/h6,8-10H,4-5,7H2,1-3H3,(H2,15,16). The van der Waals surface area contributed by atoms with Crippen molar-refractivity contribution < 1.29 is 4.74 Å². The van der Waals surface area contributed by atoms with Crippen LogP contribution >= 0.6 is 0 Å². The molecule has 4 nitrogen and oxygen atoms in total. The van der Waals surface area contributed by atoms with Crippen LogP contribution in [0.25, 0.3) is 11.0 Å². The van der Waals surface area contributed by atoms with Crippen LogP contribution in [0.15, 0.2) is 18.2 Å². The molecule has 0 saturated carbocycles. The summed E-state index contributed by atoms with van der Waals surface area (Å²) in [6.45, 7) is 4.39. The summed E-state index contributed by atoms with van der Waals surface area (Å²) in [5.41, 5.74) is 7.95. The number of nitrogens with zero attached hydrogens (tertiary/aromatic N) is 2. The number of hydrogen-bond donors (Lipinski definition) is 1. The topological polar surface area (TPSA) is 53.1 Å². The third-order valence-electron chi connectivity index (χ3n) is 3.35. The van der Waals surface area contributed by atoms with E-state index in [9.17, 15) is 0 Å². The van der Waals surface area contributed by atoms with Crippen LogP contribution in [0.3, 0.4) is 0 Å². The summed E-state index contributed by atoms with van der Waals surface area (Å²) in [6, 6.07) is 6.30. The first-order chi connectivity index (χ1) is 8.69. The fourth-order valence-corrected chi connectivity index (χ4v) is 2.37. The van der Waals surface area contributed by atoms with Gasteiger partial charge in [-0.3, -0.25) is 0 Å². The number of ether oxygens (including phenoxy) is 1. The lowest BCUT2D eigenvalue weighted by Crippen LogP contribution is -2.08. The Kier molecular flexibility index (Phi) is 3.75. The monoisotopic (exact) mass is 247 g/mol. The molecule has 0 fully saturated rings. The Balaban J connectivity index is 2.47. The number of benzene rings is 1. The summed E-state index contributed by atoms with van der Waals surface area (Å²) in [7, 11) is 1.66. The molecule has 0 spiro atoms. The van der Waals surface area contributed by atoms with E-state index in [1.165, 1.54) is 12.8 Å². The second-order valence-electron chi connectivity index (χ2n) is 4.66. The van der Waals surface area contributed by atoms with Gasteiger partial charge in [-0.05, 0) is 25.5 Å². The van der Waals surface area contributed by atoms with Gasteiger partial charge in [-0.2, -0.15) is 0 Å². The van der Waals surface area contributed by atoms with Crippen molar-refractivity contribution in [2.24, 2.45) is 0 Å². The van der Waals surface area contributed by atoms with Crippen LogP contribution in [0.1, 0.15) is 39.2 Å². The molecule has 1 aromatic heterocycles. The van der Waals surface area contributed by atoms with E-state index in [4.69, 9.17) is 10.5 Å². The Morgan fingerprint density at radius 1 is 1.44 bits per heavy atom. The molecule has 1 atom stereocenters. The van der Waals surface area contributed by atoms with Crippen molar-refractivity contribution in [3.63, 3.8) is 0 Å². The van der Waals surface area contributed by atoms with Crippen molar-refractivity contribution in [1.82, 2.24) is 9.55 Å². The zero-order valence-electron chi connectivity index (χ0n) is 11.3. The summed E-state index contributed by atoms with van der Waals surface area (Å²) in [6.07, 6.45) is 3.51. The Hall–Kier alpha value is -1.71. The normalized spacial score (nSPS) is 12.8. The number of nitrogens with two attached hydrogens (primary N) is 1. The van der Waals surface area contributed by atoms with Crippen LogP contribution in [-0.2, 0) is 0 Å². The molecule has 1 unspecified atom stereocenters. The molecule has 0 aliphatic rings. The van der Waals surface area contributed by atoms with E-state index in [1.807, 2.05) is 18.2 Å². The maximum Gasteiger partial charge on any atom is 0.201 e. The largest absolute Gasteiger partial charge is 0.494 e. The van der Waals surface area contributed by atoms with Gasteiger partial charge in [0.05, 0.1) is 12.6 Å². The van der Waals surface area contributed by atoms with E-state index in [2.05, 4.69) is 23.4 Å². The Bertz CT molecular complexity index is 533. The van der Waals surface area contributed by atoms with Crippen molar-refractivity contribution in [3.8, 4) is 5.75 Å². The zero-order chi connectivity index (χ0) is 13.1. The van der Waals surface area contributed by atoms with E-state index in [0.717, 1.165) is 23.2 Å². The fraction of sp³-hybridized carbons (Fsp3) is 0.500. The van der Waals surface area contributed by atoms with Gasteiger partial charge in [-0.25, -0.2) is 4.98 Å². The number of unbranched alkanes of at least 4 members (excludes halogenated alkanes) is 1. The maximum absolute atomic E-state index is 6.05. The minimum Gasteiger partial charge on any atom is -0.494 e. The summed E-state index contributed by atoms with van der Waals surface area (Å²) in [5.74, 6) is 1.35. The number of anilines is 1. The van der Waals surface area contributed by atoms with Crippen molar-refractivity contribution in [3.05, 3.63) is 18.2 Å². The first kappa shape index (κ1) is 12.7. The minimum atomic E-state index is 0.363. The van der Waals surface area contributed by atoms with E-state index in [1.54, 1.807) is 7.11 Å². The average molecular weight is 247 g/mol. The highest BCUT2D eigenvalue weighted by molar-refractivity contribution is 5.84. The second kappa shape index (κ2) is 5.29. The van der Waals surface area contributed by atoms with Crippen LogP contribution in [0, 0.1) is 0 Å². The Morgan fingerprint density at radius 2 is 2.22 bits per heavy atom. The molecule has 98 valence electrons. The number of aromatic nitrogens is 2. The molecule has 0 aliphatic heterocycles. The summed E-state index contributed by atoms with van der Waals surface area (Å²) >= 11 is 0. The van der Waals surface area contributed by atoms with E-state index >= 15 is 0 Å². The van der Waals surface area contributed by atoms with Gasteiger partial charge in [-0.1, -0.05) is 25.8 Å². The van der Waals surface area contributed by atoms with Gasteiger partial charge in [0.2, 0.25) is 5.95 Å². The second-order valence-corrected chi connectivity index (χ2v) is 4.66. The third-order valence-corrected chi connectivity index (χ3v) is 3.35. The molecule has 2 rings (SSSR count). The van der Waals surface area contributed by atoms with Gasteiger partial charge < -0.3 is 15.0 Å². The van der Waals surface area contributed by atoms with E-state index < -0.39 is 0 Å². The minimum absolute atomic E-state index is 0.363. The molecule has 0 amide bonds. The molecule has 18 heavy (non-hydrogen) atoms. The van der Waals surface area contributed by atoms with E-state index in [-0.39, 0.29) is 0 Å². The van der Waals surface area contributed by atoms with Gasteiger partial charge in [-0.15, -0.1) is 0 Å². The summed E-state index contributed by atoms with van der Waals surface area (Å²) < 4.78 is 7.43. The first-order valence-electron chi connectivity index (χ1n) is 6.49. The Labute approximate surface area is 108 Å². The van der Waals surface area contributed by atoms with Crippen molar-refractivity contribution in [2.75, 3.05) is 12.8 Å². The quantitative estimate of drug-likeness (QED) is 0.881. The van der Waals surface area contributed by atoms with Crippen LogP contribution in [0.2, 0.25) is 0 Å². The predicted octanol–water partition coefficient (Wildman–Crippen LogP) is 3.38. The molecule has 4 heteroatoms. The highest BCUT2D eigenvalue weighted by Crippen LogP contribution is 2.30. The number of para-hydroxylation sites is 1. The van der Waals surface area contributed by atoms with Gasteiger partial charge in [0.1, 0.15) is 11.3 Å². The average Bonchev–Trinajstić information content (AvgIpc) is 2.71. The highest BCUT2D eigenvalue weighted by Gasteiger charge is 2.15. The molecule has 0 bridgehead atoms. The number of imidazole rings is 1. The number of fused-ring (bicyclic) bond motifs is 1. The lowest BCUT2D eigenvalue weighted by Gasteiger charge is -2.15. The third kappa shape index (κ3) is 2.15. The summed E-state index contributed by atoms with van der Waals surface area (Å²) in [4.78, 5) is 4.43. The molecular formula is C14H21N3O. The molecule has 0 saturated heterocycles. The first-order valence-corrected chi connectivity index (χ1v) is 6.49. The molecule has 0 radical (unpaired) electrons. The van der Waals surface area contributed by atoms with Gasteiger partial charge in [0.25, 0.3) is 0 Å². The van der Waals surface area contributed by atoms with Crippen LogP contribution in [0.5, 0.6) is 5.75 Å². The molecule has 0 aliphatic carbocycles. The van der Waals surface area contributed by atoms with Crippen LogP contribution in [-0.4, -0.2) is 16.7 Å². The molecule has 1 heterocycles. The van der Waals surface area contributed by atoms with Crippen LogP contribution < -0.4 is 10.5 Å². The van der Waals surface area contributed by atoms with Crippen molar-refractivity contribution in [2.45, 2.75) is 39.2 Å². The molecule has 2 N–H and O–H groups in total. The van der Waals surface area contributed by atoms with Crippen molar-refractivity contribution >= 4 is 17.0 Å². The molecule has 2 aromatic rings. The lowest BCUT2D eigenvalue weighted by molar-refractivity contribution is 0.419. The van der Waals surface area contributed by atoms with Crippen LogP contribution in [0.4, 0.5) is 5.95 Å². The number of nitrogen functional groups attached to an aromatic ring is 1. The number of hydrogen-bond acceptors (Lipinski definition) is 3. The number of methoxy groups -OCH3 is 1. The Morgan fingerprint density at radius 3 is 2.89 bits per heavy atom. The smallest absolute Gasteiger partial charge is 0.201 e. The van der Waals surface area contributed by atoms with Gasteiger partial charge >= 0.3 is 0 Å².